The Bertz CT molecular complexity index is 957. The SMILES string of the molecule is Cc1cc(=O)oc2cc(O[C@@H](C)C(=O)c3ccc(F)cc3)ccc12. The molecular formula is C19H15FO4. The molecule has 0 amide bonds. The van der Waals surface area contributed by atoms with E-state index < -0.39 is 17.5 Å². The summed E-state index contributed by atoms with van der Waals surface area (Å²) in [4.78, 5) is 23.8. The van der Waals surface area contributed by atoms with Gasteiger partial charge in [0.15, 0.2) is 6.10 Å². The van der Waals surface area contributed by atoms with E-state index in [0.29, 0.717) is 16.9 Å². The van der Waals surface area contributed by atoms with E-state index in [1.165, 1.54) is 30.3 Å². The molecule has 3 aromatic rings. The molecule has 0 fully saturated rings. The van der Waals surface area contributed by atoms with Crippen LogP contribution in [0, 0.1) is 12.7 Å². The average molecular weight is 326 g/mol. The molecule has 122 valence electrons. The van der Waals surface area contributed by atoms with E-state index in [0.717, 1.165) is 10.9 Å². The van der Waals surface area contributed by atoms with Gasteiger partial charge in [-0.15, -0.1) is 0 Å². The maximum Gasteiger partial charge on any atom is 0.336 e. The molecule has 1 heterocycles. The Morgan fingerprint density at radius 1 is 1.12 bits per heavy atom. The van der Waals surface area contributed by atoms with Crippen molar-refractivity contribution in [1.29, 1.82) is 0 Å². The van der Waals surface area contributed by atoms with Crippen molar-refractivity contribution in [2.45, 2.75) is 20.0 Å². The highest BCUT2D eigenvalue weighted by atomic mass is 19.1. The lowest BCUT2D eigenvalue weighted by molar-refractivity contribution is 0.0818. The topological polar surface area (TPSA) is 56.5 Å². The van der Waals surface area contributed by atoms with Gasteiger partial charge in [-0.25, -0.2) is 9.18 Å². The van der Waals surface area contributed by atoms with E-state index in [9.17, 15) is 14.0 Å². The van der Waals surface area contributed by atoms with Gasteiger partial charge >= 0.3 is 5.63 Å². The lowest BCUT2D eigenvalue weighted by Gasteiger charge is -2.14. The fourth-order valence-electron chi connectivity index (χ4n) is 2.49. The number of carbonyl (C=O) groups excluding carboxylic acids is 1. The van der Waals surface area contributed by atoms with Gasteiger partial charge in [-0.05, 0) is 55.8 Å². The van der Waals surface area contributed by atoms with Crippen LogP contribution in [0.15, 0.2) is 57.7 Å². The number of ether oxygens (including phenoxy) is 1. The molecular weight excluding hydrogens is 311 g/mol. The average Bonchev–Trinajstić information content (AvgIpc) is 2.54. The Labute approximate surface area is 137 Å². The van der Waals surface area contributed by atoms with Crippen LogP contribution in [0.1, 0.15) is 22.8 Å². The summed E-state index contributed by atoms with van der Waals surface area (Å²) in [6.45, 7) is 3.43. The second kappa shape index (κ2) is 6.28. The molecule has 2 aromatic carbocycles. The number of hydrogen-bond acceptors (Lipinski definition) is 4. The predicted molar refractivity (Wildman–Crippen MR) is 88.0 cm³/mol. The molecule has 0 aliphatic rings. The second-order valence-corrected chi connectivity index (χ2v) is 5.54. The van der Waals surface area contributed by atoms with E-state index in [1.54, 1.807) is 25.1 Å². The maximum absolute atomic E-state index is 12.9. The van der Waals surface area contributed by atoms with E-state index in [-0.39, 0.29) is 5.78 Å². The molecule has 0 saturated carbocycles. The van der Waals surface area contributed by atoms with Crippen molar-refractivity contribution in [2.75, 3.05) is 0 Å². The highest BCUT2D eigenvalue weighted by Crippen LogP contribution is 2.23. The van der Waals surface area contributed by atoms with Crippen LogP contribution in [0.3, 0.4) is 0 Å². The van der Waals surface area contributed by atoms with E-state index in [1.807, 2.05) is 6.92 Å². The molecule has 0 unspecified atom stereocenters. The molecule has 0 aliphatic heterocycles. The Morgan fingerprint density at radius 3 is 2.54 bits per heavy atom. The number of halogens is 1. The van der Waals surface area contributed by atoms with Crippen molar-refractivity contribution in [2.24, 2.45) is 0 Å². The van der Waals surface area contributed by atoms with Gasteiger partial charge in [0.05, 0.1) is 0 Å². The first-order valence-electron chi connectivity index (χ1n) is 7.45. The third-order valence-electron chi connectivity index (χ3n) is 3.73. The van der Waals surface area contributed by atoms with Crippen LogP contribution >= 0.6 is 0 Å². The number of rotatable bonds is 4. The molecule has 0 radical (unpaired) electrons. The van der Waals surface area contributed by atoms with Gasteiger partial charge in [0.1, 0.15) is 17.1 Å². The fourth-order valence-corrected chi connectivity index (χ4v) is 2.49. The van der Waals surface area contributed by atoms with Gasteiger partial charge in [0, 0.05) is 23.1 Å². The standard InChI is InChI=1S/C19H15FO4/c1-11-9-18(21)24-17-10-15(7-8-16(11)17)23-12(2)19(22)13-3-5-14(20)6-4-13/h3-10,12H,1-2H3/t12-/m0/s1. The van der Waals surface area contributed by atoms with Crippen molar-refractivity contribution < 1.29 is 18.3 Å². The van der Waals surface area contributed by atoms with Crippen LogP contribution in [0.4, 0.5) is 4.39 Å². The van der Waals surface area contributed by atoms with Crippen LogP contribution in [0.2, 0.25) is 0 Å². The summed E-state index contributed by atoms with van der Waals surface area (Å²) in [6.07, 6.45) is -0.760. The van der Waals surface area contributed by atoms with Crippen LogP contribution < -0.4 is 10.4 Å². The van der Waals surface area contributed by atoms with Crippen molar-refractivity contribution >= 4 is 16.8 Å². The number of fused-ring (bicyclic) bond motifs is 1. The van der Waals surface area contributed by atoms with Gasteiger partial charge in [0.2, 0.25) is 5.78 Å². The van der Waals surface area contributed by atoms with Gasteiger partial charge in [-0.2, -0.15) is 0 Å². The first-order valence-corrected chi connectivity index (χ1v) is 7.45. The third-order valence-corrected chi connectivity index (χ3v) is 3.73. The highest BCUT2D eigenvalue weighted by Gasteiger charge is 2.17. The number of Topliss-reactive ketones (excluding diaryl/α,β-unsaturated/α-hetero) is 1. The molecule has 24 heavy (non-hydrogen) atoms. The molecule has 5 heteroatoms. The quantitative estimate of drug-likeness (QED) is 0.539. The summed E-state index contributed by atoms with van der Waals surface area (Å²) >= 11 is 0. The summed E-state index contributed by atoms with van der Waals surface area (Å²) < 4.78 is 23.7. The molecule has 3 rings (SSSR count). The maximum atomic E-state index is 12.9. The van der Waals surface area contributed by atoms with Crippen molar-refractivity contribution in [1.82, 2.24) is 0 Å². The molecule has 4 nitrogen and oxygen atoms in total. The zero-order chi connectivity index (χ0) is 17.3. The van der Waals surface area contributed by atoms with E-state index in [2.05, 4.69) is 0 Å². The number of ketones is 1. The smallest absolute Gasteiger partial charge is 0.336 e. The summed E-state index contributed by atoms with van der Waals surface area (Å²) in [5.74, 6) is -0.250. The predicted octanol–water partition coefficient (Wildman–Crippen LogP) is 3.89. The van der Waals surface area contributed by atoms with E-state index >= 15 is 0 Å². The van der Waals surface area contributed by atoms with E-state index in [4.69, 9.17) is 9.15 Å². The summed E-state index contributed by atoms with van der Waals surface area (Å²) in [6, 6.07) is 11.8. The summed E-state index contributed by atoms with van der Waals surface area (Å²) in [5, 5.41) is 0.805. The Kier molecular flexibility index (Phi) is 4.16. The summed E-state index contributed by atoms with van der Waals surface area (Å²) in [7, 11) is 0. The van der Waals surface area contributed by atoms with Gasteiger partial charge < -0.3 is 9.15 Å². The molecule has 1 aromatic heterocycles. The van der Waals surface area contributed by atoms with Crippen LogP contribution in [-0.2, 0) is 0 Å². The number of benzene rings is 2. The molecule has 0 N–H and O–H groups in total. The molecule has 0 saturated heterocycles. The summed E-state index contributed by atoms with van der Waals surface area (Å²) in [5.41, 5.74) is 1.14. The van der Waals surface area contributed by atoms with Gasteiger partial charge in [0.25, 0.3) is 0 Å². The number of carbonyl (C=O) groups is 1. The number of hydrogen-bond donors (Lipinski definition) is 0. The zero-order valence-corrected chi connectivity index (χ0v) is 13.2. The van der Waals surface area contributed by atoms with Gasteiger partial charge in [-0.3, -0.25) is 4.79 Å². The highest BCUT2D eigenvalue weighted by molar-refractivity contribution is 5.99. The Morgan fingerprint density at radius 2 is 1.83 bits per heavy atom. The van der Waals surface area contributed by atoms with Crippen LogP contribution in [0.25, 0.3) is 11.0 Å². The Hall–Kier alpha value is -2.95. The lowest BCUT2D eigenvalue weighted by Crippen LogP contribution is -2.23. The van der Waals surface area contributed by atoms with Crippen molar-refractivity contribution in [3.63, 3.8) is 0 Å². The van der Waals surface area contributed by atoms with Crippen LogP contribution in [-0.4, -0.2) is 11.9 Å². The van der Waals surface area contributed by atoms with Gasteiger partial charge in [-0.1, -0.05) is 0 Å². The largest absolute Gasteiger partial charge is 0.482 e. The number of aryl methyl sites for hydroxylation is 1. The molecule has 0 aliphatic carbocycles. The minimum absolute atomic E-state index is 0.263. The molecule has 0 bridgehead atoms. The third kappa shape index (κ3) is 3.20. The normalized spacial score (nSPS) is 12.1. The second-order valence-electron chi connectivity index (χ2n) is 5.54. The first-order chi connectivity index (χ1) is 11.4. The Balaban J connectivity index is 1.84. The minimum atomic E-state index is -0.760. The molecule has 0 spiro atoms. The van der Waals surface area contributed by atoms with Crippen molar-refractivity contribution in [3.05, 3.63) is 75.9 Å². The fraction of sp³-hybridized carbons (Fsp3) is 0.158. The zero-order valence-electron chi connectivity index (χ0n) is 13.2. The lowest BCUT2D eigenvalue weighted by atomic mass is 10.1. The molecule has 1 atom stereocenters. The van der Waals surface area contributed by atoms with Crippen molar-refractivity contribution in [3.8, 4) is 5.75 Å². The first kappa shape index (κ1) is 15.9. The van der Waals surface area contributed by atoms with Crippen LogP contribution in [0.5, 0.6) is 5.75 Å². The monoisotopic (exact) mass is 326 g/mol. The minimum Gasteiger partial charge on any atom is -0.482 e.